The predicted molar refractivity (Wildman–Crippen MR) is 100 cm³/mol. The number of hydrogen-bond donors (Lipinski definition) is 2. The molecule has 0 saturated heterocycles. The molecule has 7 nitrogen and oxygen atoms in total. The van der Waals surface area contributed by atoms with Gasteiger partial charge in [-0.15, -0.1) is 10.2 Å². The van der Waals surface area contributed by atoms with Gasteiger partial charge in [-0.2, -0.15) is 0 Å². The number of carbonyl (C=O) groups is 1. The van der Waals surface area contributed by atoms with Crippen LogP contribution in [0.5, 0.6) is 0 Å². The van der Waals surface area contributed by atoms with Gasteiger partial charge < -0.3 is 11.1 Å². The topological polar surface area (TPSA) is 106 Å². The lowest BCUT2D eigenvalue weighted by Gasteiger charge is -2.01. The normalized spacial score (nSPS) is 11.3. The molecule has 0 aliphatic carbocycles. The molecule has 3 aromatic rings. The van der Waals surface area contributed by atoms with Crippen molar-refractivity contribution in [3.05, 3.63) is 48.7 Å². The Labute approximate surface area is 148 Å². The highest BCUT2D eigenvalue weighted by atomic mass is 32.1. The van der Waals surface area contributed by atoms with Crippen molar-refractivity contribution in [2.75, 3.05) is 11.1 Å². The number of carbonyl (C=O) groups excluding carboxylic acids is 1. The number of amides is 1. The molecule has 1 amide bonds. The van der Waals surface area contributed by atoms with Crippen LogP contribution in [0, 0.1) is 0 Å². The minimum atomic E-state index is -0.197. The van der Waals surface area contributed by atoms with Crippen LogP contribution in [-0.2, 0) is 4.79 Å². The van der Waals surface area contributed by atoms with Crippen LogP contribution in [0.1, 0.15) is 13.3 Å². The van der Waals surface area contributed by atoms with Crippen LogP contribution in [0.3, 0.4) is 0 Å². The van der Waals surface area contributed by atoms with Crippen molar-refractivity contribution >= 4 is 39.6 Å². The highest BCUT2D eigenvalue weighted by molar-refractivity contribution is 7.18. The molecule has 3 rings (SSSR count). The average Bonchev–Trinajstić information content (AvgIpc) is 3.04. The number of hydrogen-bond acceptors (Lipinski definition) is 7. The first-order chi connectivity index (χ1) is 12.1. The van der Waals surface area contributed by atoms with Crippen LogP contribution in [0.2, 0.25) is 0 Å². The molecule has 0 aliphatic heterocycles. The monoisotopic (exact) mass is 352 g/mol. The van der Waals surface area contributed by atoms with Crippen molar-refractivity contribution < 1.29 is 4.79 Å². The molecule has 126 valence electrons. The molecule has 0 bridgehead atoms. The fourth-order valence-corrected chi connectivity index (χ4v) is 2.83. The molecule has 8 heteroatoms. The molecule has 2 heterocycles. The molecule has 0 atom stereocenters. The van der Waals surface area contributed by atoms with E-state index in [-0.39, 0.29) is 12.3 Å². The Morgan fingerprint density at radius 3 is 2.72 bits per heavy atom. The van der Waals surface area contributed by atoms with Crippen LogP contribution in [0.15, 0.2) is 53.7 Å². The maximum absolute atomic E-state index is 12.1. The number of rotatable bonds is 5. The number of aliphatic imine (C=N–C) groups is 1. The summed E-state index contributed by atoms with van der Waals surface area (Å²) in [5.41, 5.74) is 7.93. The zero-order chi connectivity index (χ0) is 17.6. The molecule has 0 unspecified atom stereocenters. The molecule has 3 N–H and O–H groups in total. The highest BCUT2D eigenvalue weighted by Gasteiger charge is 2.10. The Balaban J connectivity index is 1.62. The number of pyridine rings is 1. The van der Waals surface area contributed by atoms with E-state index in [9.17, 15) is 4.79 Å². The van der Waals surface area contributed by atoms with Crippen molar-refractivity contribution in [1.82, 2.24) is 15.2 Å². The van der Waals surface area contributed by atoms with Crippen molar-refractivity contribution in [3.8, 4) is 10.6 Å². The smallest absolute Gasteiger partial charge is 0.231 e. The summed E-state index contributed by atoms with van der Waals surface area (Å²) in [7, 11) is 0. The van der Waals surface area contributed by atoms with E-state index in [1.54, 1.807) is 31.3 Å². The lowest BCUT2D eigenvalue weighted by atomic mass is 10.2. The van der Waals surface area contributed by atoms with Gasteiger partial charge in [0.1, 0.15) is 5.01 Å². The van der Waals surface area contributed by atoms with Crippen LogP contribution in [0.4, 0.5) is 16.6 Å². The molecule has 0 aliphatic rings. The van der Waals surface area contributed by atoms with Gasteiger partial charge in [0.05, 0.1) is 6.42 Å². The van der Waals surface area contributed by atoms with Crippen molar-refractivity contribution in [3.63, 3.8) is 0 Å². The number of benzene rings is 1. The molecular formula is C17H16N6OS. The molecule has 0 radical (unpaired) electrons. The standard InChI is InChI=1S/C17H16N6OS/c1-11(20-14-4-2-3-9-19-14)10-15(24)21-17-23-22-16(25-17)12-5-7-13(18)8-6-12/h2-9H,10,18H2,1H3,(H,21,23,24)/b20-11+. The molecule has 0 fully saturated rings. The van der Waals surface area contributed by atoms with Gasteiger partial charge in [0.2, 0.25) is 11.0 Å². The first-order valence-electron chi connectivity index (χ1n) is 7.54. The largest absolute Gasteiger partial charge is 0.399 e. The first kappa shape index (κ1) is 16.7. The number of nitrogens with zero attached hydrogens (tertiary/aromatic N) is 4. The summed E-state index contributed by atoms with van der Waals surface area (Å²) < 4.78 is 0. The van der Waals surface area contributed by atoms with E-state index in [2.05, 4.69) is 25.5 Å². The summed E-state index contributed by atoms with van der Waals surface area (Å²) in [4.78, 5) is 20.5. The summed E-state index contributed by atoms with van der Waals surface area (Å²) in [6.07, 6.45) is 1.82. The molecule has 25 heavy (non-hydrogen) atoms. The number of nitrogens with two attached hydrogens (primary N) is 1. The number of nitrogens with one attached hydrogen (secondary N) is 1. The second-order valence-electron chi connectivity index (χ2n) is 5.29. The minimum Gasteiger partial charge on any atom is -0.399 e. The number of anilines is 2. The van der Waals surface area contributed by atoms with E-state index < -0.39 is 0 Å². The summed E-state index contributed by atoms with van der Waals surface area (Å²) in [5, 5.41) is 12.0. The van der Waals surface area contributed by atoms with Crippen LogP contribution in [0.25, 0.3) is 10.6 Å². The average molecular weight is 352 g/mol. The third kappa shape index (κ3) is 4.67. The van der Waals surface area contributed by atoms with Gasteiger partial charge in [-0.05, 0) is 43.3 Å². The third-order valence-electron chi connectivity index (χ3n) is 3.20. The van der Waals surface area contributed by atoms with Gasteiger partial charge in [0, 0.05) is 23.2 Å². The summed E-state index contributed by atoms with van der Waals surface area (Å²) in [6, 6.07) is 12.8. The number of nitrogen functional groups attached to an aromatic ring is 1. The summed E-state index contributed by atoms with van der Waals surface area (Å²) in [6.45, 7) is 1.79. The summed E-state index contributed by atoms with van der Waals surface area (Å²) >= 11 is 1.30. The Bertz CT molecular complexity index is 889. The highest BCUT2D eigenvalue weighted by Crippen LogP contribution is 2.26. The lowest BCUT2D eigenvalue weighted by Crippen LogP contribution is -2.14. The Hall–Kier alpha value is -3.13. The van der Waals surface area contributed by atoms with E-state index in [0.717, 1.165) is 5.56 Å². The van der Waals surface area contributed by atoms with E-state index >= 15 is 0 Å². The zero-order valence-electron chi connectivity index (χ0n) is 13.5. The molecular weight excluding hydrogens is 336 g/mol. The molecule has 0 saturated carbocycles. The van der Waals surface area contributed by atoms with E-state index in [1.165, 1.54) is 11.3 Å². The quantitative estimate of drug-likeness (QED) is 0.541. The van der Waals surface area contributed by atoms with E-state index in [0.29, 0.717) is 27.4 Å². The van der Waals surface area contributed by atoms with Gasteiger partial charge in [-0.25, -0.2) is 9.98 Å². The van der Waals surface area contributed by atoms with Crippen molar-refractivity contribution in [2.24, 2.45) is 4.99 Å². The van der Waals surface area contributed by atoms with Crippen LogP contribution < -0.4 is 11.1 Å². The first-order valence-corrected chi connectivity index (χ1v) is 8.36. The van der Waals surface area contributed by atoms with E-state index in [1.807, 2.05) is 24.3 Å². The maximum atomic E-state index is 12.1. The summed E-state index contributed by atoms with van der Waals surface area (Å²) in [5.74, 6) is 0.381. The van der Waals surface area contributed by atoms with Crippen molar-refractivity contribution in [1.29, 1.82) is 0 Å². The second kappa shape index (κ2) is 7.63. The second-order valence-corrected chi connectivity index (χ2v) is 6.27. The Kier molecular flexibility index (Phi) is 5.10. The Morgan fingerprint density at radius 2 is 2.00 bits per heavy atom. The third-order valence-corrected chi connectivity index (χ3v) is 4.09. The minimum absolute atomic E-state index is 0.160. The SMILES string of the molecule is C/C(CC(=O)Nc1nnc(-c2ccc(N)cc2)s1)=N\c1ccccn1. The van der Waals surface area contributed by atoms with Crippen molar-refractivity contribution in [2.45, 2.75) is 13.3 Å². The zero-order valence-corrected chi connectivity index (χ0v) is 14.3. The van der Waals surface area contributed by atoms with Crippen LogP contribution >= 0.6 is 11.3 Å². The van der Waals surface area contributed by atoms with Gasteiger partial charge >= 0.3 is 0 Å². The maximum Gasteiger partial charge on any atom is 0.231 e. The van der Waals surface area contributed by atoms with Gasteiger partial charge in [-0.1, -0.05) is 17.4 Å². The lowest BCUT2D eigenvalue weighted by molar-refractivity contribution is -0.115. The Morgan fingerprint density at radius 1 is 1.20 bits per heavy atom. The number of aromatic nitrogens is 3. The van der Waals surface area contributed by atoms with Gasteiger partial charge in [-0.3, -0.25) is 4.79 Å². The fourth-order valence-electron chi connectivity index (χ4n) is 2.07. The van der Waals surface area contributed by atoms with Crippen LogP contribution in [-0.4, -0.2) is 26.8 Å². The molecule has 0 spiro atoms. The van der Waals surface area contributed by atoms with Gasteiger partial charge in [0.25, 0.3) is 0 Å². The van der Waals surface area contributed by atoms with E-state index in [4.69, 9.17) is 5.73 Å². The molecule has 2 aromatic heterocycles. The van der Waals surface area contributed by atoms with Gasteiger partial charge in [0.15, 0.2) is 5.82 Å². The molecule has 1 aromatic carbocycles. The fraction of sp³-hybridized carbons (Fsp3) is 0.118. The predicted octanol–water partition coefficient (Wildman–Crippen LogP) is 3.30.